The lowest BCUT2D eigenvalue weighted by Crippen LogP contribution is -2.07. The van der Waals surface area contributed by atoms with Crippen LogP contribution in [-0.4, -0.2) is 19.5 Å². The molecule has 15 heavy (non-hydrogen) atoms. The summed E-state index contributed by atoms with van der Waals surface area (Å²) >= 11 is 1.64. The zero-order valence-corrected chi connectivity index (χ0v) is 9.81. The van der Waals surface area contributed by atoms with Crippen molar-refractivity contribution in [2.24, 2.45) is 5.73 Å². The van der Waals surface area contributed by atoms with Crippen molar-refractivity contribution in [1.82, 2.24) is 0 Å². The number of benzene rings is 1. The molecular formula is C11H16FNOS. The van der Waals surface area contributed by atoms with Crippen molar-refractivity contribution in [3.63, 3.8) is 0 Å². The third kappa shape index (κ3) is 3.81. The highest BCUT2D eigenvalue weighted by Crippen LogP contribution is 2.27. The molecule has 1 aromatic rings. The summed E-state index contributed by atoms with van der Waals surface area (Å²) in [4.78, 5) is 1.03. The standard InChI is InChI=1S/C11H16FNOS/c1-8(13)10-7-9(12)3-4-11(10)15-6-5-14-2/h3-4,7-8H,5-6,13H2,1-2H3. The van der Waals surface area contributed by atoms with Gasteiger partial charge in [-0.15, -0.1) is 11.8 Å². The van der Waals surface area contributed by atoms with Gasteiger partial charge in [-0.3, -0.25) is 0 Å². The van der Waals surface area contributed by atoms with Gasteiger partial charge in [0.25, 0.3) is 0 Å². The summed E-state index contributed by atoms with van der Waals surface area (Å²) in [6.07, 6.45) is 0. The van der Waals surface area contributed by atoms with Crippen molar-refractivity contribution in [2.45, 2.75) is 17.9 Å². The Kier molecular flexibility index (Phi) is 5.08. The molecular weight excluding hydrogens is 213 g/mol. The molecule has 0 saturated heterocycles. The molecule has 2 N–H and O–H groups in total. The third-order valence-corrected chi connectivity index (χ3v) is 3.06. The molecule has 0 aliphatic heterocycles. The van der Waals surface area contributed by atoms with Gasteiger partial charge in [-0.05, 0) is 30.7 Å². The van der Waals surface area contributed by atoms with Gasteiger partial charge in [0.2, 0.25) is 0 Å². The van der Waals surface area contributed by atoms with Crippen LogP contribution in [0.15, 0.2) is 23.1 Å². The Hall–Kier alpha value is -0.580. The summed E-state index contributed by atoms with van der Waals surface area (Å²) in [5, 5.41) is 0. The van der Waals surface area contributed by atoms with E-state index in [1.54, 1.807) is 24.9 Å². The number of rotatable bonds is 5. The van der Waals surface area contributed by atoms with Crippen molar-refractivity contribution in [2.75, 3.05) is 19.5 Å². The third-order valence-electron chi connectivity index (χ3n) is 2.01. The maximum Gasteiger partial charge on any atom is 0.123 e. The van der Waals surface area contributed by atoms with Crippen LogP contribution < -0.4 is 5.73 Å². The van der Waals surface area contributed by atoms with Gasteiger partial charge in [0.05, 0.1) is 6.61 Å². The van der Waals surface area contributed by atoms with Crippen LogP contribution in [0.4, 0.5) is 4.39 Å². The number of methoxy groups -OCH3 is 1. The number of thioether (sulfide) groups is 1. The number of hydrogen-bond donors (Lipinski definition) is 1. The first-order valence-corrected chi connectivity index (χ1v) is 5.80. The van der Waals surface area contributed by atoms with Crippen LogP contribution in [0.2, 0.25) is 0 Å². The quantitative estimate of drug-likeness (QED) is 0.622. The second kappa shape index (κ2) is 6.10. The topological polar surface area (TPSA) is 35.2 Å². The van der Waals surface area contributed by atoms with Crippen molar-refractivity contribution in [3.05, 3.63) is 29.6 Å². The van der Waals surface area contributed by atoms with E-state index in [2.05, 4.69) is 0 Å². The molecule has 1 rings (SSSR count). The Morgan fingerprint density at radius 1 is 1.53 bits per heavy atom. The first-order valence-electron chi connectivity index (χ1n) is 4.82. The molecule has 4 heteroatoms. The molecule has 84 valence electrons. The van der Waals surface area contributed by atoms with Crippen molar-refractivity contribution in [1.29, 1.82) is 0 Å². The van der Waals surface area contributed by atoms with Crippen LogP contribution in [-0.2, 0) is 4.74 Å². The lowest BCUT2D eigenvalue weighted by molar-refractivity contribution is 0.218. The summed E-state index contributed by atoms with van der Waals surface area (Å²) in [5.74, 6) is 0.611. The summed E-state index contributed by atoms with van der Waals surface area (Å²) in [7, 11) is 1.66. The molecule has 2 nitrogen and oxygen atoms in total. The Morgan fingerprint density at radius 3 is 2.87 bits per heavy atom. The lowest BCUT2D eigenvalue weighted by atomic mass is 10.1. The molecule has 1 aromatic carbocycles. The minimum absolute atomic E-state index is 0.147. The van der Waals surface area contributed by atoms with E-state index in [0.717, 1.165) is 16.2 Å². The summed E-state index contributed by atoms with van der Waals surface area (Å²) in [6.45, 7) is 2.54. The number of ether oxygens (including phenoxy) is 1. The lowest BCUT2D eigenvalue weighted by Gasteiger charge is -2.12. The molecule has 1 atom stereocenters. The largest absolute Gasteiger partial charge is 0.384 e. The monoisotopic (exact) mass is 229 g/mol. The van der Waals surface area contributed by atoms with E-state index < -0.39 is 0 Å². The SMILES string of the molecule is COCCSc1ccc(F)cc1C(C)N. The second-order valence-corrected chi connectivity index (χ2v) is 4.45. The summed E-state index contributed by atoms with van der Waals surface area (Å²) in [5.41, 5.74) is 6.63. The summed E-state index contributed by atoms with van der Waals surface area (Å²) in [6, 6.07) is 4.58. The average Bonchev–Trinajstić information content (AvgIpc) is 2.20. The van der Waals surface area contributed by atoms with E-state index in [-0.39, 0.29) is 11.9 Å². The molecule has 0 aromatic heterocycles. The Balaban J connectivity index is 2.77. The summed E-state index contributed by atoms with van der Waals surface area (Å²) < 4.78 is 18.0. The Morgan fingerprint density at radius 2 is 2.27 bits per heavy atom. The normalized spacial score (nSPS) is 12.8. The van der Waals surface area contributed by atoms with Crippen LogP contribution >= 0.6 is 11.8 Å². The van der Waals surface area contributed by atoms with Crippen LogP contribution in [0.3, 0.4) is 0 Å². The fraction of sp³-hybridized carbons (Fsp3) is 0.455. The van der Waals surface area contributed by atoms with E-state index >= 15 is 0 Å². The maximum absolute atomic E-state index is 13.0. The fourth-order valence-corrected chi connectivity index (χ4v) is 2.29. The minimum Gasteiger partial charge on any atom is -0.384 e. The molecule has 0 saturated carbocycles. The second-order valence-electron chi connectivity index (χ2n) is 3.31. The highest BCUT2D eigenvalue weighted by atomic mass is 32.2. The van der Waals surface area contributed by atoms with E-state index in [9.17, 15) is 4.39 Å². The molecule has 0 fully saturated rings. The van der Waals surface area contributed by atoms with E-state index in [4.69, 9.17) is 10.5 Å². The van der Waals surface area contributed by atoms with Crippen LogP contribution in [0.5, 0.6) is 0 Å². The van der Waals surface area contributed by atoms with Crippen LogP contribution in [0.25, 0.3) is 0 Å². The van der Waals surface area contributed by atoms with Crippen molar-refractivity contribution in [3.8, 4) is 0 Å². The highest BCUT2D eigenvalue weighted by Gasteiger charge is 2.08. The van der Waals surface area contributed by atoms with Gasteiger partial charge in [-0.1, -0.05) is 0 Å². The van der Waals surface area contributed by atoms with Gasteiger partial charge in [0, 0.05) is 23.8 Å². The van der Waals surface area contributed by atoms with Crippen molar-refractivity contribution < 1.29 is 9.13 Å². The molecule has 0 aliphatic carbocycles. The predicted octanol–water partition coefficient (Wildman–Crippen LogP) is 2.58. The Labute approximate surface area is 94.0 Å². The molecule has 0 bridgehead atoms. The van der Waals surface area contributed by atoms with Gasteiger partial charge >= 0.3 is 0 Å². The fourth-order valence-electron chi connectivity index (χ4n) is 1.24. The molecule has 0 radical (unpaired) electrons. The number of hydrogen-bond acceptors (Lipinski definition) is 3. The molecule has 1 unspecified atom stereocenters. The van der Waals surface area contributed by atoms with Gasteiger partial charge in [0.15, 0.2) is 0 Å². The smallest absolute Gasteiger partial charge is 0.123 e. The van der Waals surface area contributed by atoms with Gasteiger partial charge in [-0.2, -0.15) is 0 Å². The van der Waals surface area contributed by atoms with Gasteiger partial charge in [0.1, 0.15) is 5.82 Å². The zero-order valence-electron chi connectivity index (χ0n) is 9.00. The van der Waals surface area contributed by atoms with E-state index in [1.165, 1.54) is 12.1 Å². The van der Waals surface area contributed by atoms with Crippen LogP contribution in [0, 0.1) is 5.82 Å². The minimum atomic E-state index is -0.238. The van der Waals surface area contributed by atoms with Gasteiger partial charge < -0.3 is 10.5 Å². The Bertz CT molecular complexity index is 317. The number of nitrogens with two attached hydrogens (primary N) is 1. The average molecular weight is 229 g/mol. The number of halogens is 1. The molecule has 0 spiro atoms. The van der Waals surface area contributed by atoms with Crippen LogP contribution in [0.1, 0.15) is 18.5 Å². The van der Waals surface area contributed by atoms with E-state index in [1.807, 2.05) is 6.92 Å². The van der Waals surface area contributed by atoms with Gasteiger partial charge in [-0.25, -0.2) is 4.39 Å². The zero-order chi connectivity index (χ0) is 11.3. The first kappa shape index (κ1) is 12.5. The highest BCUT2D eigenvalue weighted by molar-refractivity contribution is 7.99. The van der Waals surface area contributed by atoms with Crippen molar-refractivity contribution >= 4 is 11.8 Å². The molecule has 0 aliphatic rings. The first-order chi connectivity index (χ1) is 7.15. The molecule has 0 amide bonds. The van der Waals surface area contributed by atoms with E-state index in [0.29, 0.717) is 6.61 Å². The maximum atomic E-state index is 13.0. The molecule has 0 heterocycles. The predicted molar refractivity (Wildman–Crippen MR) is 61.6 cm³/mol.